The van der Waals surface area contributed by atoms with Gasteiger partial charge in [0.05, 0.1) is 22.6 Å². The molecule has 1 heterocycles. The zero-order valence-corrected chi connectivity index (χ0v) is 18.3. The van der Waals surface area contributed by atoms with Crippen LogP contribution in [0.4, 0.5) is 15.8 Å². The number of hydrazone groups is 2. The van der Waals surface area contributed by atoms with Crippen LogP contribution in [0.2, 0.25) is 0 Å². The van der Waals surface area contributed by atoms with Crippen LogP contribution in [-0.4, -0.2) is 28.4 Å². The van der Waals surface area contributed by atoms with Crippen molar-refractivity contribution in [1.29, 1.82) is 0 Å². The van der Waals surface area contributed by atoms with Gasteiger partial charge >= 0.3 is 11.9 Å². The van der Waals surface area contributed by atoms with Crippen LogP contribution >= 0.6 is 0 Å². The molecule has 0 bridgehead atoms. The van der Waals surface area contributed by atoms with Crippen LogP contribution in [0.3, 0.4) is 0 Å². The van der Waals surface area contributed by atoms with Crippen LogP contribution in [0, 0.1) is 19.7 Å². The van der Waals surface area contributed by atoms with Crippen LogP contribution in [0.15, 0.2) is 70.9 Å². The molecule has 0 saturated carbocycles. The Balaban J connectivity index is 1.61. The molecule has 0 atom stereocenters. The highest BCUT2D eigenvalue weighted by Gasteiger charge is 2.31. The second-order valence-electron chi connectivity index (χ2n) is 7.70. The molecule has 0 aliphatic carbocycles. The smallest absolute Gasteiger partial charge is 0.335 e. The number of rotatable bonds is 5. The Bertz CT molecular complexity index is 1350. The predicted octanol–water partition coefficient (Wildman–Crippen LogP) is 5.00. The van der Waals surface area contributed by atoms with E-state index in [1.54, 1.807) is 31.2 Å². The lowest BCUT2D eigenvalue weighted by Gasteiger charge is -2.13. The third-order valence-corrected chi connectivity index (χ3v) is 5.43. The Morgan fingerprint density at radius 2 is 1.79 bits per heavy atom. The van der Waals surface area contributed by atoms with E-state index in [0.717, 1.165) is 11.1 Å². The number of aryl methyl sites for hydroxylation is 2. The lowest BCUT2D eigenvalue weighted by molar-refractivity contribution is -0.112. The molecular weight excluding hydrogens is 423 g/mol. The van der Waals surface area contributed by atoms with E-state index in [0.29, 0.717) is 17.0 Å². The molecule has 8 heteroatoms. The summed E-state index contributed by atoms with van der Waals surface area (Å²) in [6, 6.07) is 16.2. The first-order valence-electron chi connectivity index (χ1n) is 10.2. The minimum absolute atomic E-state index is 0.0472. The number of nitrogens with one attached hydrogen (secondary N) is 1. The number of carbonyl (C=O) groups excluding carboxylic acids is 1. The minimum atomic E-state index is -1.10. The minimum Gasteiger partial charge on any atom is -0.478 e. The third-order valence-electron chi connectivity index (χ3n) is 5.43. The predicted molar refractivity (Wildman–Crippen MR) is 126 cm³/mol. The second-order valence-corrected chi connectivity index (χ2v) is 7.70. The van der Waals surface area contributed by atoms with Gasteiger partial charge in [0.25, 0.3) is 0 Å². The van der Waals surface area contributed by atoms with Gasteiger partial charge < -0.3 is 5.11 Å². The number of amides is 1. The van der Waals surface area contributed by atoms with Crippen molar-refractivity contribution in [1.82, 2.24) is 0 Å². The quantitative estimate of drug-likeness (QED) is 0.542. The maximum absolute atomic E-state index is 15.2. The SMILES string of the molecule is CC1=NN(c2ccc(C)c(C)c2)C(=O)/C1=N\Nc1cccc(-c2cccc(C(=O)O)c2)c1F. The van der Waals surface area contributed by atoms with Crippen molar-refractivity contribution in [3.63, 3.8) is 0 Å². The molecule has 1 aliphatic heterocycles. The summed E-state index contributed by atoms with van der Waals surface area (Å²) in [6.07, 6.45) is 0. The Kier molecular flexibility index (Phi) is 5.74. The summed E-state index contributed by atoms with van der Waals surface area (Å²) < 4.78 is 15.2. The molecule has 0 aromatic heterocycles. The summed E-state index contributed by atoms with van der Waals surface area (Å²) in [5.41, 5.74) is 6.59. The second kappa shape index (κ2) is 8.66. The zero-order chi connectivity index (χ0) is 23.7. The molecule has 0 fully saturated rings. The molecule has 1 amide bonds. The fraction of sp³-hybridized carbons (Fsp3) is 0.120. The Hall–Kier alpha value is -4.33. The Labute approximate surface area is 189 Å². The summed E-state index contributed by atoms with van der Waals surface area (Å²) in [4.78, 5) is 24.1. The molecule has 0 unspecified atom stereocenters. The lowest BCUT2D eigenvalue weighted by atomic mass is 10.0. The van der Waals surface area contributed by atoms with Crippen molar-refractivity contribution in [3.05, 3.63) is 83.2 Å². The van der Waals surface area contributed by atoms with Crippen molar-refractivity contribution >= 4 is 34.7 Å². The summed E-state index contributed by atoms with van der Waals surface area (Å²) in [7, 11) is 0. The van der Waals surface area contributed by atoms with Gasteiger partial charge in [-0.15, -0.1) is 0 Å². The van der Waals surface area contributed by atoms with E-state index in [9.17, 15) is 14.7 Å². The topological polar surface area (TPSA) is 94.4 Å². The molecule has 166 valence electrons. The largest absolute Gasteiger partial charge is 0.478 e. The summed E-state index contributed by atoms with van der Waals surface area (Å²) in [5, 5.41) is 18.9. The van der Waals surface area contributed by atoms with Gasteiger partial charge in [0.1, 0.15) is 0 Å². The molecule has 0 radical (unpaired) electrons. The number of anilines is 2. The fourth-order valence-electron chi connectivity index (χ4n) is 3.44. The average molecular weight is 444 g/mol. The average Bonchev–Trinajstić information content (AvgIpc) is 3.08. The molecule has 0 saturated heterocycles. The first-order valence-corrected chi connectivity index (χ1v) is 10.2. The van der Waals surface area contributed by atoms with Gasteiger partial charge in [-0.2, -0.15) is 15.2 Å². The first-order chi connectivity index (χ1) is 15.8. The molecule has 2 N–H and O–H groups in total. The van der Waals surface area contributed by atoms with Crippen molar-refractivity contribution in [2.45, 2.75) is 20.8 Å². The number of carboxylic acid groups (broad SMARTS) is 1. The highest BCUT2D eigenvalue weighted by atomic mass is 19.1. The van der Waals surface area contributed by atoms with Crippen LogP contribution in [-0.2, 0) is 4.79 Å². The first kappa shape index (κ1) is 21.9. The highest BCUT2D eigenvalue weighted by molar-refractivity contribution is 6.71. The molecule has 1 aliphatic rings. The van der Waals surface area contributed by atoms with Gasteiger partial charge in [0.2, 0.25) is 0 Å². The number of carboxylic acids is 1. The molecule has 7 nitrogen and oxygen atoms in total. The van der Waals surface area contributed by atoms with Crippen LogP contribution < -0.4 is 10.4 Å². The molecule has 33 heavy (non-hydrogen) atoms. The van der Waals surface area contributed by atoms with E-state index in [-0.39, 0.29) is 22.5 Å². The molecule has 3 aromatic rings. The van der Waals surface area contributed by atoms with Crippen LogP contribution in [0.25, 0.3) is 11.1 Å². The number of hydrogen-bond donors (Lipinski definition) is 2. The van der Waals surface area contributed by atoms with Crippen LogP contribution in [0.5, 0.6) is 0 Å². The molecular formula is C25H21FN4O3. The molecule has 0 spiro atoms. The number of halogens is 1. The summed E-state index contributed by atoms with van der Waals surface area (Å²) >= 11 is 0. The highest BCUT2D eigenvalue weighted by Crippen LogP contribution is 2.29. The van der Waals surface area contributed by atoms with Gasteiger partial charge in [0.15, 0.2) is 11.5 Å². The van der Waals surface area contributed by atoms with E-state index >= 15 is 4.39 Å². The Morgan fingerprint density at radius 1 is 1.03 bits per heavy atom. The normalized spacial score (nSPS) is 14.5. The third kappa shape index (κ3) is 4.23. The maximum Gasteiger partial charge on any atom is 0.335 e. The lowest BCUT2D eigenvalue weighted by Crippen LogP contribution is -2.28. The number of nitrogens with zero attached hydrogens (tertiary/aromatic N) is 3. The summed E-state index contributed by atoms with van der Waals surface area (Å²) in [5.74, 6) is -2.13. The van der Waals surface area contributed by atoms with Gasteiger partial charge in [0, 0.05) is 5.56 Å². The number of hydrogen-bond acceptors (Lipinski definition) is 5. The molecule has 3 aromatic carbocycles. The molecule has 4 rings (SSSR count). The number of carbonyl (C=O) groups is 2. The number of benzene rings is 3. The maximum atomic E-state index is 15.2. The van der Waals surface area contributed by atoms with Gasteiger partial charge in [-0.3, -0.25) is 10.2 Å². The summed E-state index contributed by atoms with van der Waals surface area (Å²) in [6.45, 7) is 5.59. The van der Waals surface area contributed by atoms with E-state index < -0.39 is 17.7 Å². The van der Waals surface area contributed by atoms with E-state index in [2.05, 4.69) is 15.6 Å². The van der Waals surface area contributed by atoms with Gasteiger partial charge in [-0.25, -0.2) is 9.18 Å². The standard InChI is InChI=1S/C25H21FN4O3/c1-14-10-11-19(12-15(14)2)30-24(31)23(16(3)29-30)28-27-21-9-5-8-20(22(21)26)17-6-4-7-18(13-17)25(32)33/h4-13,27H,1-3H3,(H,32,33)/b28-23-. The van der Waals surface area contributed by atoms with Crippen molar-refractivity contribution in [2.75, 3.05) is 10.4 Å². The Morgan fingerprint density at radius 3 is 2.52 bits per heavy atom. The van der Waals surface area contributed by atoms with Gasteiger partial charge in [-0.1, -0.05) is 30.3 Å². The van der Waals surface area contributed by atoms with Crippen molar-refractivity contribution in [3.8, 4) is 11.1 Å². The van der Waals surface area contributed by atoms with Crippen molar-refractivity contribution in [2.24, 2.45) is 10.2 Å². The van der Waals surface area contributed by atoms with Crippen LogP contribution in [0.1, 0.15) is 28.4 Å². The zero-order valence-electron chi connectivity index (χ0n) is 18.3. The fourth-order valence-corrected chi connectivity index (χ4v) is 3.44. The van der Waals surface area contributed by atoms with E-state index in [1.165, 1.54) is 23.2 Å². The van der Waals surface area contributed by atoms with Crippen molar-refractivity contribution < 1.29 is 19.1 Å². The van der Waals surface area contributed by atoms with E-state index in [4.69, 9.17) is 0 Å². The monoisotopic (exact) mass is 444 g/mol. The number of aromatic carboxylic acids is 1. The van der Waals surface area contributed by atoms with Gasteiger partial charge in [-0.05, 0) is 67.8 Å². The van der Waals surface area contributed by atoms with E-state index in [1.807, 2.05) is 32.0 Å².